The monoisotopic (exact) mass is 445 g/mol. The first-order valence-corrected chi connectivity index (χ1v) is 11.8. The fourth-order valence-electron chi connectivity index (χ4n) is 4.30. The van der Waals surface area contributed by atoms with E-state index in [9.17, 15) is 26.4 Å². The number of hydrogen-bond acceptors (Lipinski definition) is 4. The number of alkyl halides is 3. The molecule has 0 spiro atoms. The van der Waals surface area contributed by atoms with E-state index in [1.165, 1.54) is 23.2 Å². The van der Waals surface area contributed by atoms with Gasteiger partial charge in [0.2, 0.25) is 15.9 Å². The largest absolute Gasteiger partial charge is 0.416 e. The van der Waals surface area contributed by atoms with Crippen LogP contribution in [-0.4, -0.2) is 73.7 Å². The molecule has 0 aromatic heterocycles. The lowest BCUT2D eigenvalue weighted by Crippen LogP contribution is -2.44. The molecular weight excluding hydrogens is 419 g/mol. The van der Waals surface area contributed by atoms with Gasteiger partial charge in [0.05, 0.1) is 16.5 Å². The average Bonchev–Trinajstić information content (AvgIpc) is 3.48. The number of rotatable bonds is 5. The van der Waals surface area contributed by atoms with E-state index in [2.05, 4.69) is 0 Å². The van der Waals surface area contributed by atoms with E-state index in [4.69, 9.17) is 0 Å². The Morgan fingerprint density at radius 2 is 1.77 bits per heavy atom. The molecule has 0 bridgehead atoms. The molecule has 2 saturated heterocycles. The van der Waals surface area contributed by atoms with Crippen molar-refractivity contribution >= 4 is 15.9 Å². The first-order chi connectivity index (χ1) is 14.2. The second-order valence-corrected chi connectivity index (χ2v) is 10.3. The molecule has 1 unspecified atom stereocenters. The lowest BCUT2D eigenvalue weighted by Gasteiger charge is -2.26. The summed E-state index contributed by atoms with van der Waals surface area (Å²) in [5.74, 6) is 0.751. The predicted molar refractivity (Wildman–Crippen MR) is 104 cm³/mol. The highest BCUT2D eigenvalue weighted by molar-refractivity contribution is 7.89. The third-order valence-corrected chi connectivity index (χ3v) is 8.07. The number of carbonyl (C=O) groups excluding carboxylic acids is 1. The van der Waals surface area contributed by atoms with Gasteiger partial charge in [0.25, 0.3) is 0 Å². The second-order valence-electron chi connectivity index (χ2n) is 8.35. The van der Waals surface area contributed by atoms with Crippen LogP contribution in [-0.2, 0) is 21.0 Å². The van der Waals surface area contributed by atoms with Crippen LogP contribution in [0.2, 0.25) is 0 Å². The number of benzene rings is 1. The Hall–Kier alpha value is -1.65. The Kier molecular flexibility index (Phi) is 5.84. The highest BCUT2D eigenvalue weighted by Crippen LogP contribution is 2.33. The molecule has 0 N–H and O–H groups in total. The van der Waals surface area contributed by atoms with Crippen molar-refractivity contribution in [3.8, 4) is 0 Å². The van der Waals surface area contributed by atoms with Crippen molar-refractivity contribution < 1.29 is 26.4 Å². The molecule has 1 aliphatic carbocycles. The number of halogens is 3. The van der Waals surface area contributed by atoms with Crippen LogP contribution in [0.4, 0.5) is 13.2 Å². The van der Waals surface area contributed by atoms with Gasteiger partial charge < -0.3 is 4.90 Å². The predicted octanol–water partition coefficient (Wildman–Crippen LogP) is 2.41. The molecule has 1 aromatic carbocycles. The highest BCUT2D eigenvalue weighted by atomic mass is 32.2. The fraction of sp³-hybridized carbons (Fsp3) is 0.650. The Morgan fingerprint density at radius 1 is 1.00 bits per heavy atom. The van der Waals surface area contributed by atoms with Crippen LogP contribution in [0, 0.1) is 5.92 Å². The number of hydrogen-bond donors (Lipinski definition) is 0. The highest BCUT2D eigenvalue weighted by Gasteiger charge is 2.39. The Balaban J connectivity index is 1.43. The Labute approximate surface area is 174 Å². The summed E-state index contributed by atoms with van der Waals surface area (Å²) < 4.78 is 66.1. The Bertz CT molecular complexity index is 902. The van der Waals surface area contributed by atoms with Crippen LogP contribution in [0.25, 0.3) is 0 Å². The van der Waals surface area contributed by atoms with Crippen molar-refractivity contribution in [3.63, 3.8) is 0 Å². The zero-order chi connectivity index (χ0) is 21.5. The standard InChI is InChI=1S/C20H26F3N3O3S/c21-20(22,23)16-3-1-4-17(13-16)30(28,29)26-9-2-8-24(11-12-26)18-7-10-25(19(18)27)14-15-5-6-15/h1,3-4,13,15,18H,2,5-12,14H2. The van der Waals surface area contributed by atoms with Crippen molar-refractivity contribution in [3.05, 3.63) is 29.8 Å². The molecule has 10 heteroatoms. The molecule has 2 heterocycles. The van der Waals surface area contributed by atoms with E-state index in [0.717, 1.165) is 31.6 Å². The minimum Gasteiger partial charge on any atom is -0.341 e. The molecule has 30 heavy (non-hydrogen) atoms. The van der Waals surface area contributed by atoms with E-state index in [0.29, 0.717) is 31.5 Å². The summed E-state index contributed by atoms with van der Waals surface area (Å²) in [7, 11) is -4.04. The number of amides is 1. The molecule has 1 atom stereocenters. The molecule has 3 aliphatic rings. The quantitative estimate of drug-likeness (QED) is 0.699. The first kappa shape index (κ1) is 21.6. The molecule has 2 aliphatic heterocycles. The lowest BCUT2D eigenvalue weighted by atomic mass is 10.2. The summed E-state index contributed by atoms with van der Waals surface area (Å²) in [5.41, 5.74) is -0.979. The summed E-state index contributed by atoms with van der Waals surface area (Å²) in [5, 5.41) is 0. The number of likely N-dealkylation sites (tertiary alicyclic amines) is 1. The van der Waals surface area contributed by atoms with E-state index in [-0.39, 0.29) is 29.9 Å². The maximum atomic E-state index is 13.0. The molecule has 3 fully saturated rings. The Morgan fingerprint density at radius 3 is 2.47 bits per heavy atom. The molecule has 1 amide bonds. The SMILES string of the molecule is O=C1C(N2CCCN(S(=O)(=O)c3cccc(C(F)(F)F)c3)CC2)CCN1CC1CC1. The minimum absolute atomic E-state index is 0.121. The van der Waals surface area contributed by atoms with Crippen LogP contribution in [0.1, 0.15) is 31.2 Å². The van der Waals surface area contributed by atoms with Crippen molar-refractivity contribution in [1.82, 2.24) is 14.1 Å². The number of sulfonamides is 1. The third kappa shape index (κ3) is 4.50. The summed E-state index contributed by atoms with van der Waals surface area (Å²) in [6.07, 6.45) is -0.964. The average molecular weight is 446 g/mol. The number of nitrogens with zero attached hydrogens (tertiary/aromatic N) is 3. The molecule has 1 saturated carbocycles. The molecular formula is C20H26F3N3O3S. The minimum atomic E-state index is -4.60. The fourth-order valence-corrected chi connectivity index (χ4v) is 5.82. The third-order valence-electron chi connectivity index (χ3n) is 6.17. The van der Waals surface area contributed by atoms with Gasteiger partial charge in [-0.1, -0.05) is 6.07 Å². The van der Waals surface area contributed by atoms with Gasteiger partial charge in [-0.05, 0) is 49.8 Å². The van der Waals surface area contributed by atoms with E-state index in [1.54, 1.807) is 0 Å². The first-order valence-electron chi connectivity index (χ1n) is 10.4. The van der Waals surface area contributed by atoms with Crippen molar-refractivity contribution in [2.45, 2.75) is 42.8 Å². The van der Waals surface area contributed by atoms with Crippen LogP contribution in [0.5, 0.6) is 0 Å². The van der Waals surface area contributed by atoms with Crippen molar-refractivity contribution in [2.24, 2.45) is 5.92 Å². The normalized spacial score (nSPS) is 25.0. The van der Waals surface area contributed by atoms with Crippen LogP contribution in [0.3, 0.4) is 0 Å². The van der Waals surface area contributed by atoms with E-state index in [1.807, 2.05) is 9.80 Å². The molecule has 0 radical (unpaired) electrons. The summed E-state index contributed by atoms with van der Waals surface area (Å²) >= 11 is 0. The van der Waals surface area contributed by atoms with Gasteiger partial charge >= 0.3 is 6.18 Å². The van der Waals surface area contributed by atoms with Gasteiger partial charge in [-0.15, -0.1) is 0 Å². The molecule has 4 rings (SSSR count). The van der Waals surface area contributed by atoms with Gasteiger partial charge in [-0.25, -0.2) is 8.42 Å². The van der Waals surface area contributed by atoms with Gasteiger partial charge in [0, 0.05) is 39.3 Å². The smallest absolute Gasteiger partial charge is 0.341 e. The molecule has 166 valence electrons. The zero-order valence-corrected chi connectivity index (χ0v) is 17.5. The zero-order valence-electron chi connectivity index (χ0n) is 16.6. The van der Waals surface area contributed by atoms with Crippen LogP contribution in [0.15, 0.2) is 29.2 Å². The van der Waals surface area contributed by atoms with Crippen LogP contribution < -0.4 is 0 Å². The van der Waals surface area contributed by atoms with Gasteiger partial charge in [0.1, 0.15) is 0 Å². The van der Waals surface area contributed by atoms with Crippen molar-refractivity contribution in [1.29, 1.82) is 0 Å². The maximum Gasteiger partial charge on any atom is 0.416 e. The molecule has 6 nitrogen and oxygen atoms in total. The van der Waals surface area contributed by atoms with Crippen molar-refractivity contribution in [2.75, 3.05) is 39.3 Å². The summed E-state index contributed by atoms with van der Waals surface area (Å²) in [6, 6.07) is 3.64. The topological polar surface area (TPSA) is 60.9 Å². The molecule has 1 aromatic rings. The van der Waals surface area contributed by atoms with Gasteiger partial charge in [-0.2, -0.15) is 17.5 Å². The van der Waals surface area contributed by atoms with Gasteiger partial charge in [0.15, 0.2) is 0 Å². The summed E-state index contributed by atoms with van der Waals surface area (Å²) in [4.78, 5) is 16.4. The van der Waals surface area contributed by atoms with Crippen LogP contribution >= 0.6 is 0 Å². The summed E-state index contributed by atoms with van der Waals surface area (Å²) in [6.45, 7) is 2.93. The maximum absolute atomic E-state index is 13.0. The number of carbonyl (C=O) groups is 1. The second kappa shape index (κ2) is 8.12. The lowest BCUT2D eigenvalue weighted by molar-refractivity contribution is -0.137. The van der Waals surface area contributed by atoms with E-state index >= 15 is 0 Å². The van der Waals surface area contributed by atoms with E-state index < -0.39 is 21.8 Å². The van der Waals surface area contributed by atoms with Gasteiger partial charge in [-0.3, -0.25) is 9.69 Å².